The Balaban J connectivity index is 2.60. The van der Waals surface area contributed by atoms with Gasteiger partial charge in [-0.05, 0) is 53.7 Å². The first-order valence-corrected chi connectivity index (χ1v) is 8.81. The van der Waals surface area contributed by atoms with Crippen molar-refractivity contribution in [2.24, 2.45) is 5.41 Å². The van der Waals surface area contributed by atoms with E-state index in [9.17, 15) is 10.1 Å². The highest BCUT2D eigenvalue weighted by molar-refractivity contribution is 5.94. The second-order valence-electron chi connectivity index (χ2n) is 8.98. The van der Waals surface area contributed by atoms with Gasteiger partial charge in [0.25, 0.3) is 5.91 Å². The third-order valence-electron chi connectivity index (χ3n) is 7.43. The zero-order chi connectivity index (χ0) is 19.4. The number of likely N-dealkylation sites (N-methyl/N-ethyl adjacent to an activating group) is 1. The lowest BCUT2D eigenvalue weighted by Crippen LogP contribution is -2.65. The topological polar surface area (TPSA) is 47.3 Å². The number of carbonyl (C=O) groups excluding carboxylic acids is 1. The van der Waals surface area contributed by atoms with Gasteiger partial charge in [0.2, 0.25) is 0 Å². The SMILES string of the molecule is Cc1ccc(C(=O)N(C)C2(C)C(C)(C)N(C#N)C(C)(C)C2(C)C)cc1. The van der Waals surface area contributed by atoms with E-state index in [1.807, 2.05) is 48.0 Å². The minimum Gasteiger partial charge on any atom is -0.333 e. The second-order valence-corrected chi connectivity index (χ2v) is 8.98. The van der Waals surface area contributed by atoms with E-state index in [0.717, 1.165) is 5.56 Å². The third-order valence-corrected chi connectivity index (χ3v) is 7.43. The number of amides is 1. The first kappa shape index (κ1) is 19.3. The molecule has 0 N–H and O–H groups in total. The van der Waals surface area contributed by atoms with Gasteiger partial charge in [0.15, 0.2) is 6.19 Å². The van der Waals surface area contributed by atoms with Gasteiger partial charge in [-0.25, -0.2) is 0 Å². The molecule has 1 heterocycles. The van der Waals surface area contributed by atoms with E-state index in [-0.39, 0.29) is 16.9 Å². The maximum Gasteiger partial charge on any atom is 0.254 e. The number of hydrogen-bond donors (Lipinski definition) is 0. The number of nitriles is 1. The van der Waals surface area contributed by atoms with E-state index in [1.165, 1.54) is 0 Å². The molecule has 0 aromatic heterocycles. The lowest BCUT2D eigenvalue weighted by Gasteiger charge is -2.52. The van der Waals surface area contributed by atoms with E-state index in [4.69, 9.17) is 0 Å². The molecular formula is C21H31N3O. The predicted octanol–water partition coefficient (Wildman–Crippen LogP) is 4.21. The third kappa shape index (κ3) is 2.21. The van der Waals surface area contributed by atoms with Crippen LogP contribution in [0.15, 0.2) is 24.3 Å². The monoisotopic (exact) mass is 341 g/mol. The summed E-state index contributed by atoms with van der Waals surface area (Å²) in [7, 11) is 1.86. The normalized spacial score (nSPS) is 26.2. The van der Waals surface area contributed by atoms with Crippen molar-refractivity contribution in [2.75, 3.05) is 7.05 Å². The van der Waals surface area contributed by atoms with Crippen molar-refractivity contribution < 1.29 is 4.79 Å². The quantitative estimate of drug-likeness (QED) is 0.757. The molecule has 2 rings (SSSR count). The molecule has 4 nitrogen and oxygen atoms in total. The molecule has 0 aliphatic carbocycles. The molecule has 0 radical (unpaired) electrons. The number of benzene rings is 1. The molecular weight excluding hydrogens is 310 g/mol. The molecule has 1 fully saturated rings. The minimum absolute atomic E-state index is 0.0146. The van der Waals surface area contributed by atoms with Crippen LogP contribution in [0.4, 0.5) is 0 Å². The molecule has 1 amide bonds. The van der Waals surface area contributed by atoms with E-state index < -0.39 is 11.1 Å². The fraction of sp³-hybridized carbons (Fsp3) is 0.619. The molecule has 1 aromatic rings. The van der Waals surface area contributed by atoms with Crippen molar-refractivity contribution in [3.05, 3.63) is 35.4 Å². The van der Waals surface area contributed by atoms with E-state index in [1.54, 1.807) is 0 Å². The molecule has 1 aromatic carbocycles. The number of carbonyl (C=O) groups is 1. The van der Waals surface area contributed by atoms with Crippen molar-refractivity contribution in [1.82, 2.24) is 9.80 Å². The largest absolute Gasteiger partial charge is 0.333 e. The highest BCUT2D eigenvalue weighted by Crippen LogP contribution is 2.60. The van der Waals surface area contributed by atoms with Crippen molar-refractivity contribution in [2.45, 2.75) is 72.0 Å². The summed E-state index contributed by atoms with van der Waals surface area (Å²) in [5.41, 5.74) is 0.0548. The van der Waals surface area contributed by atoms with Gasteiger partial charge in [-0.1, -0.05) is 31.5 Å². The average molecular weight is 341 g/mol. The van der Waals surface area contributed by atoms with Gasteiger partial charge < -0.3 is 4.90 Å². The Labute approximate surface area is 152 Å². The Morgan fingerprint density at radius 3 is 1.88 bits per heavy atom. The van der Waals surface area contributed by atoms with E-state index in [0.29, 0.717) is 5.56 Å². The molecule has 1 saturated heterocycles. The Morgan fingerprint density at radius 1 is 1.00 bits per heavy atom. The summed E-state index contributed by atoms with van der Waals surface area (Å²) in [6, 6.07) is 7.67. The molecule has 1 aliphatic rings. The summed E-state index contributed by atoms with van der Waals surface area (Å²) in [4.78, 5) is 17.0. The highest BCUT2D eigenvalue weighted by Gasteiger charge is 2.71. The van der Waals surface area contributed by atoms with Gasteiger partial charge in [-0.2, -0.15) is 5.26 Å². The predicted molar refractivity (Wildman–Crippen MR) is 101 cm³/mol. The maximum absolute atomic E-state index is 13.3. The van der Waals surface area contributed by atoms with E-state index >= 15 is 0 Å². The Hall–Kier alpha value is -2.02. The van der Waals surface area contributed by atoms with Crippen molar-refractivity contribution in [1.29, 1.82) is 5.26 Å². The maximum atomic E-state index is 13.3. The van der Waals surface area contributed by atoms with Crippen molar-refractivity contribution >= 4 is 5.91 Å². The summed E-state index contributed by atoms with van der Waals surface area (Å²) in [6.45, 7) is 16.7. The van der Waals surface area contributed by atoms with Gasteiger partial charge in [0.05, 0.1) is 16.6 Å². The van der Waals surface area contributed by atoms with Gasteiger partial charge in [-0.3, -0.25) is 9.69 Å². The molecule has 1 unspecified atom stereocenters. The summed E-state index contributed by atoms with van der Waals surface area (Å²) in [6.07, 6.45) is 2.39. The number of nitrogens with zero attached hydrogens (tertiary/aromatic N) is 3. The summed E-state index contributed by atoms with van der Waals surface area (Å²) in [5, 5.41) is 9.84. The Bertz CT molecular complexity index is 725. The molecule has 4 heteroatoms. The number of rotatable bonds is 2. The van der Waals surface area contributed by atoms with Crippen LogP contribution >= 0.6 is 0 Å². The van der Waals surface area contributed by atoms with Gasteiger partial charge >= 0.3 is 0 Å². The molecule has 0 saturated carbocycles. The van der Waals surface area contributed by atoms with Gasteiger partial charge in [-0.15, -0.1) is 0 Å². The standard InChI is InChI=1S/C21H31N3O/c1-15-10-12-16(13-11-15)17(25)23(9)21(8)18(2,3)19(4,5)24(14-22)20(21,6)7/h10-13H,1-9H3. The first-order chi connectivity index (χ1) is 11.3. The first-order valence-electron chi connectivity index (χ1n) is 8.81. The Morgan fingerprint density at radius 2 is 1.48 bits per heavy atom. The molecule has 25 heavy (non-hydrogen) atoms. The van der Waals surface area contributed by atoms with Crippen LogP contribution in [0.5, 0.6) is 0 Å². The minimum atomic E-state index is -0.540. The van der Waals surface area contributed by atoms with Gasteiger partial charge in [0.1, 0.15) is 0 Å². The summed E-state index contributed by atoms with van der Waals surface area (Å²) < 4.78 is 0. The van der Waals surface area contributed by atoms with Crippen LogP contribution < -0.4 is 0 Å². The van der Waals surface area contributed by atoms with Crippen LogP contribution in [-0.4, -0.2) is 39.4 Å². The van der Waals surface area contributed by atoms with Crippen molar-refractivity contribution in [3.8, 4) is 6.19 Å². The fourth-order valence-corrected chi connectivity index (χ4v) is 4.73. The molecule has 0 bridgehead atoms. The zero-order valence-electron chi connectivity index (χ0n) is 17.1. The highest BCUT2D eigenvalue weighted by atomic mass is 16.2. The zero-order valence-corrected chi connectivity index (χ0v) is 17.1. The lowest BCUT2D eigenvalue weighted by atomic mass is 9.61. The van der Waals surface area contributed by atoms with Crippen LogP contribution in [0.25, 0.3) is 0 Å². The number of likely N-dealkylation sites (tertiary alicyclic amines) is 1. The molecule has 136 valence electrons. The molecule has 1 atom stereocenters. The van der Waals surface area contributed by atoms with Gasteiger partial charge in [0, 0.05) is 18.0 Å². The van der Waals surface area contributed by atoms with Crippen molar-refractivity contribution in [3.63, 3.8) is 0 Å². The van der Waals surface area contributed by atoms with Crippen LogP contribution in [-0.2, 0) is 0 Å². The Kier molecular flexibility index (Phi) is 4.24. The van der Waals surface area contributed by atoms with Crippen LogP contribution in [0, 0.1) is 23.8 Å². The number of aryl methyl sites for hydroxylation is 1. The van der Waals surface area contributed by atoms with Crippen LogP contribution in [0.2, 0.25) is 0 Å². The van der Waals surface area contributed by atoms with Crippen LogP contribution in [0.3, 0.4) is 0 Å². The fourth-order valence-electron chi connectivity index (χ4n) is 4.73. The van der Waals surface area contributed by atoms with Crippen LogP contribution in [0.1, 0.15) is 64.4 Å². The average Bonchev–Trinajstić information content (AvgIpc) is 2.60. The second kappa shape index (κ2) is 5.49. The molecule has 1 aliphatic heterocycles. The summed E-state index contributed by atoms with van der Waals surface area (Å²) in [5.74, 6) is -0.0146. The number of hydrogen-bond acceptors (Lipinski definition) is 3. The molecule has 0 spiro atoms. The van der Waals surface area contributed by atoms with E-state index in [2.05, 4.69) is 54.7 Å². The summed E-state index contributed by atoms with van der Waals surface area (Å²) >= 11 is 0. The smallest absolute Gasteiger partial charge is 0.254 e. The lowest BCUT2D eigenvalue weighted by molar-refractivity contribution is -0.00498.